The molecule has 0 spiro atoms. The number of methoxy groups -OCH3 is 1. The Morgan fingerprint density at radius 3 is 2.62 bits per heavy atom. The molecule has 6 heteroatoms. The summed E-state index contributed by atoms with van der Waals surface area (Å²) in [7, 11) is 1.46. The SMILES string of the molecule is COc1ccc(S)c([N+](=O)[O-])c1.[NaH]. The maximum absolute atomic E-state index is 10.4. The van der Waals surface area contributed by atoms with Crippen molar-refractivity contribution in [1.82, 2.24) is 0 Å². The molecule has 0 bridgehead atoms. The van der Waals surface area contributed by atoms with Crippen LogP contribution in [0.2, 0.25) is 0 Å². The number of nitrogens with zero attached hydrogens (tertiary/aromatic N) is 1. The third-order valence-corrected chi connectivity index (χ3v) is 1.76. The monoisotopic (exact) mass is 209 g/mol. The van der Waals surface area contributed by atoms with Gasteiger partial charge in [-0.05, 0) is 12.1 Å². The van der Waals surface area contributed by atoms with Crippen molar-refractivity contribution >= 4 is 47.9 Å². The minimum absolute atomic E-state index is 0. The first kappa shape index (κ1) is 12.8. The van der Waals surface area contributed by atoms with Gasteiger partial charge >= 0.3 is 29.6 Å². The molecular weight excluding hydrogens is 201 g/mol. The van der Waals surface area contributed by atoms with E-state index in [1.54, 1.807) is 6.07 Å². The topological polar surface area (TPSA) is 52.4 Å². The van der Waals surface area contributed by atoms with Crippen LogP contribution in [0.25, 0.3) is 0 Å². The van der Waals surface area contributed by atoms with Gasteiger partial charge in [-0.25, -0.2) is 0 Å². The molecule has 0 fully saturated rings. The predicted molar refractivity (Wildman–Crippen MR) is 54.0 cm³/mol. The van der Waals surface area contributed by atoms with Gasteiger partial charge in [0.1, 0.15) is 5.75 Å². The molecule has 0 N–H and O–H groups in total. The summed E-state index contributed by atoms with van der Waals surface area (Å²) in [5.74, 6) is 0.458. The van der Waals surface area contributed by atoms with Crippen LogP contribution in [-0.2, 0) is 0 Å². The standard InChI is InChI=1S/C7H7NO3S.Na.H/c1-11-5-2-3-7(12)6(4-5)8(9)10;;/h2-4,12H,1H3;;. The normalized spacial score (nSPS) is 8.77. The molecule has 1 aromatic carbocycles. The average Bonchev–Trinajstić information content (AvgIpc) is 2.05. The van der Waals surface area contributed by atoms with Gasteiger partial charge in [-0.3, -0.25) is 10.1 Å². The fourth-order valence-corrected chi connectivity index (χ4v) is 0.997. The number of nitro benzene ring substituents is 1. The minimum atomic E-state index is -0.495. The van der Waals surface area contributed by atoms with E-state index in [9.17, 15) is 10.1 Å². The van der Waals surface area contributed by atoms with Gasteiger partial charge in [0.25, 0.3) is 5.69 Å². The van der Waals surface area contributed by atoms with E-state index in [1.807, 2.05) is 0 Å². The number of hydrogen-bond donors (Lipinski definition) is 1. The van der Waals surface area contributed by atoms with Crippen LogP contribution in [0, 0.1) is 10.1 Å². The van der Waals surface area contributed by atoms with Gasteiger partial charge in [-0.2, -0.15) is 0 Å². The number of hydrogen-bond acceptors (Lipinski definition) is 4. The Kier molecular flexibility index (Phi) is 5.39. The molecule has 1 aromatic rings. The fraction of sp³-hybridized carbons (Fsp3) is 0.143. The van der Waals surface area contributed by atoms with Crippen molar-refractivity contribution in [2.75, 3.05) is 7.11 Å². The van der Waals surface area contributed by atoms with Gasteiger partial charge in [-0.1, -0.05) is 0 Å². The Hall–Kier alpha value is -0.230. The van der Waals surface area contributed by atoms with Crippen LogP contribution < -0.4 is 4.74 Å². The summed E-state index contributed by atoms with van der Waals surface area (Å²) in [6, 6.07) is 4.48. The average molecular weight is 209 g/mol. The first-order valence-electron chi connectivity index (χ1n) is 3.16. The molecule has 66 valence electrons. The summed E-state index contributed by atoms with van der Waals surface area (Å²) in [5, 5.41) is 10.4. The number of ether oxygens (including phenoxy) is 1. The Labute approximate surface area is 103 Å². The Bertz CT molecular complexity index is 319. The summed E-state index contributed by atoms with van der Waals surface area (Å²) in [5.41, 5.74) is -0.0438. The second-order valence-corrected chi connectivity index (χ2v) is 2.59. The van der Waals surface area contributed by atoms with E-state index in [1.165, 1.54) is 19.2 Å². The molecule has 0 saturated carbocycles. The van der Waals surface area contributed by atoms with Crippen molar-refractivity contribution < 1.29 is 9.66 Å². The van der Waals surface area contributed by atoms with E-state index < -0.39 is 4.92 Å². The summed E-state index contributed by atoms with van der Waals surface area (Å²) in [6.07, 6.45) is 0. The van der Waals surface area contributed by atoms with Crippen molar-refractivity contribution in [2.24, 2.45) is 0 Å². The van der Waals surface area contributed by atoms with E-state index in [-0.39, 0.29) is 35.2 Å². The number of thiol groups is 1. The summed E-state index contributed by atoms with van der Waals surface area (Å²) >= 11 is 3.93. The van der Waals surface area contributed by atoms with E-state index in [0.717, 1.165) is 0 Å². The van der Waals surface area contributed by atoms with Crippen LogP contribution >= 0.6 is 12.6 Å². The zero-order valence-electron chi connectivity index (χ0n) is 6.35. The molecule has 4 nitrogen and oxygen atoms in total. The van der Waals surface area contributed by atoms with Crippen LogP contribution in [-0.4, -0.2) is 41.6 Å². The third kappa shape index (κ3) is 3.19. The van der Waals surface area contributed by atoms with Crippen LogP contribution in [0.5, 0.6) is 5.75 Å². The van der Waals surface area contributed by atoms with Crippen molar-refractivity contribution in [3.63, 3.8) is 0 Å². The van der Waals surface area contributed by atoms with Gasteiger partial charge in [0.2, 0.25) is 0 Å². The van der Waals surface area contributed by atoms with Crippen molar-refractivity contribution in [3.8, 4) is 5.75 Å². The van der Waals surface area contributed by atoms with Gasteiger partial charge in [0.05, 0.1) is 23.0 Å². The molecule has 0 saturated heterocycles. The first-order valence-corrected chi connectivity index (χ1v) is 3.61. The zero-order valence-corrected chi connectivity index (χ0v) is 7.25. The van der Waals surface area contributed by atoms with E-state index in [4.69, 9.17) is 4.74 Å². The molecule has 1 rings (SSSR count). The summed E-state index contributed by atoms with van der Waals surface area (Å²) in [4.78, 5) is 10.2. The van der Waals surface area contributed by atoms with Crippen molar-refractivity contribution in [3.05, 3.63) is 28.3 Å². The second-order valence-electron chi connectivity index (χ2n) is 2.11. The van der Waals surface area contributed by atoms with Gasteiger partial charge in [0.15, 0.2) is 0 Å². The van der Waals surface area contributed by atoms with E-state index >= 15 is 0 Å². The molecule has 0 aliphatic carbocycles. The Morgan fingerprint density at radius 1 is 1.54 bits per heavy atom. The molecule has 0 radical (unpaired) electrons. The quantitative estimate of drug-likeness (QED) is 0.345. The predicted octanol–water partition coefficient (Wildman–Crippen LogP) is 1.24. The third-order valence-electron chi connectivity index (χ3n) is 1.38. The first-order chi connectivity index (χ1) is 5.65. The molecule has 0 aliphatic rings. The summed E-state index contributed by atoms with van der Waals surface area (Å²) in [6.45, 7) is 0. The van der Waals surface area contributed by atoms with Gasteiger partial charge in [0, 0.05) is 0 Å². The van der Waals surface area contributed by atoms with E-state index in [0.29, 0.717) is 10.6 Å². The molecular formula is C7H8NNaO3S. The second kappa shape index (κ2) is 5.49. The van der Waals surface area contributed by atoms with Crippen LogP contribution in [0.15, 0.2) is 23.1 Å². The molecule has 0 aliphatic heterocycles. The van der Waals surface area contributed by atoms with Crippen LogP contribution in [0.4, 0.5) is 5.69 Å². The molecule has 0 aromatic heterocycles. The van der Waals surface area contributed by atoms with Gasteiger partial charge < -0.3 is 4.74 Å². The number of nitro groups is 1. The molecule has 0 atom stereocenters. The van der Waals surface area contributed by atoms with Crippen LogP contribution in [0.1, 0.15) is 0 Å². The number of rotatable bonds is 2. The Morgan fingerprint density at radius 2 is 2.15 bits per heavy atom. The van der Waals surface area contributed by atoms with Crippen molar-refractivity contribution in [1.29, 1.82) is 0 Å². The maximum atomic E-state index is 10.4. The molecule has 0 heterocycles. The fourth-order valence-electron chi connectivity index (χ4n) is 0.776. The van der Waals surface area contributed by atoms with Gasteiger partial charge in [-0.15, -0.1) is 12.6 Å². The number of benzene rings is 1. The molecule has 0 amide bonds. The van der Waals surface area contributed by atoms with Crippen molar-refractivity contribution in [2.45, 2.75) is 4.90 Å². The molecule has 0 unspecified atom stereocenters. The van der Waals surface area contributed by atoms with Crippen LogP contribution in [0.3, 0.4) is 0 Å². The zero-order chi connectivity index (χ0) is 9.14. The molecule has 13 heavy (non-hydrogen) atoms. The summed E-state index contributed by atoms with van der Waals surface area (Å²) < 4.78 is 4.82. The Balaban J connectivity index is 0.00000144. The van der Waals surface area contributed by atoms with E-state index in [2.05, 4.69) is 12.6 Å².